The lowest BCUT2D eigenvalue weighted by molar-refractivity contribution is -0.00647. The molecular weight excluding hydrogens is 284 g/mol. The number of aryl methyl sites for hydroxylation is 1. The summed E-state index contributed by atoms with van der Waals surface area (Å²) in [6, 6.07) is 11.7. The Morgan fingerprint density at radius 2 is 1.74 bits per heavy atom. The third kappa shape index (κ3) is 4.79. The fourth-order valence-corrected chi connectivity index (χ4v) is 4.39. The van der Waals surface area contributed by atoms with E-state index in [-0.39, 0.29) is 0 Å². The average Bonchev–Trinajstić information content (AvgIpc) is 2.64. The van der Waals surface area contributed by atoms with E-state index in [1.807, 2.05) is 0 Å². The highest BCUT2D eigenvalue weighted by molar-refractivity contribution is 5.15. The molecule has 3 nitrogen and oxygen atoms in total. The summed E-state index contributed by atoms with van der Waals surface area (Å²) in [5.74, 6) is 1.62. The van der Waals surface area contributed by atoms with Gasteiger partial charge in [-0.15, -0.1) is 0 Å². The molecule has 1 atom stereocenters. The van der Waals surface area contributed by atoms with Crippen LogP contribution in [0.25, 0.3) is 0 Å². The van der Waals surface area contributed by atoms with Gasteiger partial charge in [-0.05, 0) is 62.5 Å². The third-order valence-electron chi connectivity index (χ3n) is 5.86. The molecule has 0 spiro atoms. The van der Waals surface area contributed by atoms with Gasteiger partial charge in [-0.25, -0.2) is 0 Å². The maximum atomic E-state index is 5.88. The van der Waals surface area contributed by atoms with Gasteiger partial charge in [-0.2, -0.15) is 0 Å². The summed E-state index contributed by atoms with van der Waals surface area (Å²) < 4.78 is 5.58. The predicted molar refractivity (Wildman–Crippen MR) is 95.4 cm³/mol. The molecule has 1 saturated carbocycles. The molecule has 0 amide bonds. The van der Waals surface area contributed by atoms with E-state index in [1.165, 1.54) is 44.1 Å². The van der Waals surface area contributed by atoms with E-state index in [9.17, 15) is 0 Å². The van der Waals surface area contributed by atoms with Crippen molar-refractivity contribution in [3.63, 3.8) is 0 Å². The van der Waals surface area contributed by atoms with Crippen molar-refractivity contribution in [2.45, 2.75) is 44.6 Å². The molecule has 1 unspecified atom stereocenters. The van der Waals surface area contributed by atoms with Gasteiger partial charge < -0.3 is 10.5 Å². The van der Waals surface area contributed by atoms with E-state index in [4.69, 9.17) is 10.5 Å². The molecule has 0 radical (unpaired) electrons. The predicted octanol–water partition coefficient (Wildman–Crippen LogP) is 3.09. The van der Waals surface area contributed by atoms with Gasteiger partial charge in [0.25, 0.3) is 0 Å². The van der Waals surface area contributed by atoms with Gasteiger partial charge in [0.1, 0.15) is 0 Å². The first-order chi connectivity index (χ1) is 11.4. The first-order valence-electron chi connectivity index (χ1n) is 9.42. The van der Waals surface area contributed by atoms with Gasteiger partial charge in [-0.3, -0.25) is 4.90 Å². The molecule has 23 heavy (non-hydrogen) atoms. The molecule has 1 aliphatic heterocycles. The fraction of sp³-hybridized carbons (Fsp3) is 0.700. The van der Waals surface area contributed by atoms with Crippen LogP contribution in [0.5, 0.6) is 0 Å². The Bertz CT molecular complexity index is 436. The van der Waals surface area contributed by atoms with Crippen LogP contribution in [-0.4, -0.2) is 43.8 Å². The second kappa shape index (κ2) is 8.81. The second-order valence-corrected chi connectivity index (χ2v) is 7.26. The Hall–Kier alpha value is -0.900. The van der Waals surface area contributed by atoms with Crippen LogP contribution in [0.3, 0.4) is 0 Å². The normalized spacial score (nSPS) is 27.7. The van der Waals surface area contributed by atoms with Crippen LogP contribution in [0.1, 0.15) is 37.7 Å². The van der Waals surface area contributed by atoms with Crippen molar-refractivity contribution in [1.29, 1.82) is 0 Å². The second-order valence-electron chi connectivity index (χ2n) is 7.26. The van der Waals surface area contributed by atoms with Crippen LogP contribution in [0.15, 0.2) is 30.3 Å². The largest absolute Gasteiger partial charge is 0.379 e. The lowest BCUT2D eigenvalue weighted by atomic mass is 9.76. The van der Waals surface area contributed by atoms with Crippen molar-refractivity contribution in [1.82, 2.24) is 4.90 Å². The lowest BCUT2D eigenvalue weighted by Gasteiger charge is -2.42. The molecule has 1 aromatic rings. The van der Waals surface area contributed by atoms with Gasteiger partial charge in [0, 0.05) is 19.1 Å². The molecule has 1 aliphatic carbocycles. The van der Waals surface area contributed by atoms with E-state index < -0.39 is 0 Å². The SMILES string of the molecule is NCC1CCC(C(CCc2ccccc2)N2CCOCC2)CC1. The number of ether oxygens (including phenoxy) is 1. The minimum absolute atomic E-state index is 0.720. The van der Waals surface area contributed by atoms with E-state index in [2.05, 4.69) is 35.2 Å². The highest BCUT2D eigenvalue weighted by atomic mass is 16.5. The number of rotatable bonds is 6. The maximum Gasteiger partial charge on any atom is 0.0594 e. The molecule has 0 aromatic heterocycles. The molecule has 1 aromatic carbocycles. The summed E-state index contributed by atoms with van der Waals surface area (Å²) in [6.45, 7) is 4.89. The number of benzene rings is 1. The Labute approximate surface area is 141 Å². The average molecular weight is 316 g/mol. The minimum Gasteiger partial charge on any atom is -0.379 e. The minimum atomic E-state index is 0.720. The smallest absolute Gasteiger partial charge is 0.0594 e. The van der Waals surface area contributed by atoms with Crippen molar-refractivity contribution >= 4 is 0 Å². The molecule has 2 N–H and O–H groups in total. The van der Waals surface area contributed by atoms with Crippen LogP contribution >= 0.6 is 0 Å². The Morgan fingerprint density at radius 1 is 1.04 bits per heavy atom. The first kappa shape index (κ1) is 16.9. The zero-order valence-corrected chi connectivity index (χ0v) is 14.3. The monoisotopic (exact) mass is 316 g/mol. The van der Waals surface area contributed by atoms with Crippen molar-refractivity contribution in [3.05, 3.63) is 35.9 Å². The van der Waals surface area contributed by atoms with Crippen molar-refractivity contribution in [3.8, 4) is 0 Å². The quantitative estimate of drug-likeness (QED) is 0.876. The number of nitrogens with zero attached hydrogens (tertiary/aromatic N) is 1. The van der Waals surface area contributed by atoms with Gasteiger partial charge in [0.2, 0.25) is 0 Å². The molecule has 3 heteroatoms. The molecule has 128 valence electrons. The van der Waals surface area contributed by atoms with Crippen LogP contribution in [0.4, 0.5) is 0 Å². The summed E-state index contributed by atoms with van der Waals surface area (Å²) in [7, 11) is 0. The van der Waals surface area contributed by atoms with Crippen LogP contribution in [0, 0.1) is 11.8 Å². The van der Waals surface area contributed by atoms with E-state index in [0.717, 1.165) is 50.7 Å². The summed E-state index contributed by atoms with van der Waals surface area (Å²) >= 11 is 0. The Morgan fingerprint density at radius 3 is 2.39 bits per heavy atom. The molecule has 3 rings (SSSR count). The van der Waals surface area contributed by atoms with Gasteiger partial charge >= 0.3 is 0 Å². The first-order valence-corrected chi connectivity index (χ1v) is 9.42. The van der Waals surface area contributed by atoms with E-state index in [1.54, 1.807) is 0 Å². The molecular formula is C20H32N2O. The molecule has 1 saturated heterocycles. The summed E-state index contributed by atoms with van der Waals surface area (Å²) in [4.78, 5) is 2.71. The lowest BCUT2D eigenvalue weighted by Crippen LogP contribution is -2.48. The number of morpholine rings is 1. The number of hydrogen-bond donors (Lipinski definition) is 1. The third-order valence-corrected chi connectivity index (χ3v) is 5.86. The van der Waals surface area contributed by atoms with Gasteiger partial charge in [0.15, 0.2) is 0 Å². The van der Waals surface area contributed by atoms with Crippen LogP contribution in [0.2, 0.25) is 0 Å². The van der Waals surface area contributed by atoms with Crippen LogP contribution in [-0.2, 0) is 11.2 Å². The van der Waals surface area contributed by atoms with Gasteiger partial charge in [-0.1, -0.05) is 30.3 Å². The highest BCUT2D eigenvalue weighted by Gasteiger charge is 2.31. The maximum absolute atomic E-state index is 5.88. The van der Waals surface area contributed by atoms with E-state index >= 15 is 0 Å². The molecule has 2 fully saturated rings. The van der Waals surface area contributed by atoms with Crippen molar-refractivity contribution < 1.29 is 4.74 Å². The molecule has 0 bridgehead atoms. The number of nitrogens with two attached hydrogens (primary N) is 1. The highest BCUT2D eigenvalue weighted by Crippen LogP contribution is 2.34. The topological polar surface area (TPSA) is 38.5 Å². The zero-order valence-electron chi connectivity index (χ0n) is 14.3. The fourth-order valence-electron chi connectivity index (χ4n) is 4.39. The zero-order chi connectivity index (χ0) is 15.9. The Kier molecular flexibility index (Phi) is 6.49. The Balaban J connectivity index is 1.61. The van der Waals surface area contributed by atoms with E-state index in [0.29, 0.717) is 0 Å². The standard InChI is InChI=1S/C20H32N2O/c21-16-18-6-9-19(10-7-18)20(22-12-14-23-15-13-22)11-8-17-4-2-1-3-5-17/h1-5,18-20H,6-16,21H2. The molecule has 1 heterocycles. The van der Waals surface area contributed by atoms with Crippen molar-refractivity contribution in [2.75, 3.05) is 32.8 Å². The summed E-state index contributed by atoms with van der Waals surface area (Å²) in [5, 5.41) is 0. The van der Waals surface area contributed by atoms with Crippen molar-refractivity contribution in [2.24, 2.45) is 17.6 Å². The van der Waals surface area contributed by atoms with Gasteiger partial charge in [0.05, 0.1) is 13.2 Å². The summed E-state index contributed by atoms with van der Waals surface area (Å²) in [6.07, 6.45) is 7.85. The van der Waals surface area contributed by atoms with Crippen LogP contribution < -0.4 is 5.73 Å². The number of hydrogen-bond acceptors (Lipinski definition) is 3. The summed E-state index contributed by atoms with van der Waals surface area (Å²) in [5.41, 5.74) is 7.35. The molecule has 2 aliphatic rings.